The van der Waals surface area contributed by atoms with Crippen LogP contribution in [-0.2, 0) is 36.8 Å². The lowest BCUT2D eigenvalue weighted by molar-refractivity contribution is -0.291. The number of ketones is 2. The lowest BCUT2D eigenvalue weighted by Gasteiger charge is -2.54. The third-order valence-corrected chi connectivity index (χ3v) is 8.70. The molecule has 4 unspecified atom stereocenters. The molecule has 0 radical (unpaired) electrons. The Bertz CT molecular complexity index is 1320. The summed E-state index contributed by atoms with van der Waals surface area (Å²) in [6, 6.07) is 0. The van der Waals surface area contributed by atoms with E-state index in [0.717, 1.165) is 0 Å². The number of carbonyl (C=O) groups excluding carboxylic acids is 2. The van der Waals surface area contributed by atoms with Gasteiger partial charge in [0.05, 0.1) is 60.8 Å². The molecule has 2 aliphatic carbocycles. The van der Waals surface area contributed by atoms with Crippen LogP contribution in [0, 0.1) is 0 Å². The summed E-state index contributed by atoms with van der Waals surface area (Å²) in [5.41, 5.74) is -2.98. The predicted octanol–water partition coefficient (Wildman–Crippen LogP) is 0.883. The largest absolute Gasteiger partial charge is 0.507 e. The Morgan fingerprint density at radius 2 is 1.74 bits per heavy atom. The third-order valence-electron chi connectivity index (χ3n) is 8.70. The van der Waals surface area contributed by atoms with E-state index in [1.807, 2.05) is 0 Å². The molecule has 6 aliphatic rings. The van der Waals surface area contributed by atoms with Crippen molar-refractivity contribution in [2.75, 3.05) is 0 Å². The summed E-state index contributed by atoms with van der Waals surface area (Å²) in [6.45, 7) is 3.00. The lowest BCUT2D eigenvalue weighted by Crippen LogP contribution is -2.67. The first kappa shape index (κ1) is 26.4. The van der Waals surface area contributed by atoms with E-state index in [9.17, 15) is 34.8 Å². The van der Waals surface area contributed by atoms with Gasteiger partial charge in [0.1, 0.15) is 17.1 Å². The fourth-order valence-corrected chi connectivity index (χ4v) is 6.63. The summed E-state index contributed by atoms with van der Waals surface area (Å²) in [6.07, 6.45) is -5.12. The van der Waals surface area contributed by atoms with Crippen molar-refractivity contribution in [3.05, 3.63) is 33.4 Å². The number of benzene rings is 1. The quantitative estimate of drug-likeness (QED) is 0.336. The van der Waals surface area contributed by atoms with Gasteiger partial charge >= 0.3 is 5.97 Å². The molecule has 1 aromatic rings. The Kier molecular flexibility index (Phi) is 6.14. The van der Waals surface area contributed by atoms with Crippen LogP contribution in [0.2, 0.25) is 0 Å². The van der Waals surface area contributed by atoms with Crippen LogP contribution in [0.3, 0.4) is 0 Å². The van der Waals surface area contributed by atoms with Crippen molar-refractivity contribution in [3.8, 4) is 11.5 Å². The van der Waals surface area contributed by atoms with Gasteiger partial charge in [0.25, 0.3) is 0 Å². The molecule has 8 atom stereocenters. The minimum Gasteiger partial charge on any atom is -0.507 e. The summed E-state index contributed by atoms with van der Waals surface area (Å²) in [4.78, 5) is 39.0. The van der Waals surface area contributed by atoms with Crippen LogP contribution in [0.4, 0.5) is 0 Å². The average molecular weight is 547 g/mol. The first-order valence-electron chi connectivity index (χ1n) is 13.1. The number of aliphatic hydroxyl groups excluding tert-OH is 1. The van der Waals surface area contributed by atoms with E-state index in [-0.39, 0.29) is 48.1 Å². The van der Waals surface area contributed by atoms with Crippen LogP contribution in [-0.4, -0.2) is 91.6 Å². The first-order chi connectivity index (χ1) is 18.4. The molecule has 4 aliphatic heterocycles. The van der Waals surface area contributed by atoms with Crippen LogP contribution in [0.1, 0.15) is 71.4 Å². The monoisotopic (exact) mass is 546 g/mol. The minimum absolute atomic E-state index is 0.0387. The summed E-state index contributed by atoms with van der Waals surface area (Å²) < 4.78 is 23.3. The molecule has 39 heavy (non-hydrogen) atoms. The number of rotatable bonds is 4. The smallest absolute Gasteiger partial charge is 0.305 e. The van der Waals surface area contributed by atoms with Crippen LogP contribution in [0.5, 0.6) is 11.5 Å². The average Bonchev–Trinajstić information content (AvgIpc) is 2.87. The Morgan fingerprint density at radius 3 is 2.44 bits per heavy atom. The van der Waals surface area contributed by atoms with Gasteiger partial charge in [-0.3, -0.25) is 14.4 Å². The van der Waals surface area contributed by atoms with Crippen molar-refractivity contribution in [2.45, 2.75) is 101 Å². The second-order valence-electron chi connectivity index (χ2n) is 11.0. The number of aliphatic hydroxyl groups is 2. The van der Waals surface area contributed by atoms with Crippen LogP contribution >= 0.6 is 0 Å². The molecule has 0 spiro atoms. The molecule has 0 saturated carbocycles. The minimum atomic E-state index is -2.06. The maximum atomic E-state index is 14.0. The Hall–Kier alpha value is -2.87. The Morgan fingerprint density at radius 1 is 1.05 bits per heavy atom. The fraction of sp³-hybridized carbons (Fsp3) is 0.593. The van der Waals surface area contributed by atoms with Crippen molar-refractivity contribution in [3.63, 3.8) is 0 Å². The van der Waals surface area contributed by atoms with Crippen molar-refractivity contribution in [2.24, 2.45) is 0 Å². The SMILES string of the molecule is CC1OC2CC(O[C@H]3CC[C@H](O)[C@H](C)O3)C1(O)C1=C2C(=O)c2c(O)c3c(c(O)c2C1=O)CO[C@@H](CC(=O)O)C3. The van der Waals surface area contributed by atoms with Gasteiger partial charge in [0.2, 0.25) is 0 Å². The van der Waals surface area contributed by atoms with Gasteiger partial charge in [0, 0.05) is 41.5 Å². The third kappa shape index (κ3) is 3.77. The molecule has 5 N–H and O–H groups in total. The van der Waals surface area contributed by atoms with Gasteiger partial charge in [-0.05, 0) is 20.3 Å². The first-order valence-corrected chi connectivity index (χ1v) is 13.1. The number of phenols is 2. The fourth-order valence-electron chi connectivity index (χ4n) is 6.63. The predicted molar refractivity (Wildman–Crippen MR) is 128 cm³/mol. The van der Waals surface area contributed by atoms with E-state index >= 15 is 0 Å². The number of ether oxygens (including phenoxy) is 4. The number of Topliss-reactive ketones (excluding diaryl/α,β-unsaturated/α-hetero) is 2. The molecule has 2 bridgehead atoms. The molecule has 7 rings (SSSR count). The topological polar surface area (TPSA) is 189 Å². The highest BCUT2D eigenvalue weighted by Gasteiger charge is 2.63. The highest BCUT2D eigenvalue weighted by atomic mass is 16.7. The van der Waals surface area contributed by atoms with E-state index in [1.54, 1.807) is 13.8 Å². The zero-order valence-electron chi connectivity index (χ0n) is 21.4. The number of phenolic OH excluding ortho intramolecular Hbond substituents is 2. The van der Waals surface area contributed by atoms with Crippen LogP contribution in [0.15, 0.2) is 11.1 Å². The number of carboxylic acids is 1. The van der Waals surface area contributed by atoms with Gasteiger partial charge in [-0.1, -0.05) is 0 Å². The molecule has 2 fully saturated rings. The van der Waals surface area contributed by atoms with Gasteiger partial charge in [-0.2, -0.15) is 0 Å². The molecule has 0 aromatic heterocycles. The molecule has 4 heterocycles. The number of aliphatic carboxylic acids is 1. The second-order valence-corrected chi connectivity index (χ2v) is 11.0. The van der Waals surface area contributed by atoms with Crippen molar-refractivity contribution in [1.29, 1.82) is 0 Å². The summed E-state index contributed by atoms with van der Waals surface area (Å²) in [5.74, 6) is -3.75. The second kappa shape index (κ2) is 9.08. The van der Waals surface area contributed by atoms with Crippen molar-refractivity contribution in [1.82, 2.24) is 0 Å². The number of fused-ring (bicyclic) bond motifs is 4. The molecule has 12 nitrogen and oxygen atoms in total. The Labute approximate surface area is 222 Å². The van der Waals surface area contributed by atoms with E-state index in [2.05, 4.69) is 0 Å². The van der Waals surface area contributed by atoms with Gasteiger partial charge in [-0.15, -0.1) is 0 Å². The zero-order chi connectivity index (χ0) is 28.0. The molecule has 0 amide bonds. The maximum Gasteiger partial charge on any atom is 0.305 e. The van der Waals surface area contributed by atoms with Crippen LogP contribution < -0.4 is 0 Å². The van der Waals surface area contributed by atoms with E-state index in [4.69, 9.17) is 24.1 Å². The van der Waals surface area contributed by atoms with E-state index < -0.39 is 88.7 Å². The number of carboxylic acid groups (broad SMARTS) is 1. The molecule has 210 valence electrons. The zero-order valence-corrected chi connectivity index (χ0v) is 21.4. The summed E-state index contributed by atoms with van der Waals surface area (Å²) in [5, 5.41) is 53.4. The van der Waals surface area contributed by atoms with E-state index in [0.29, 0.717) is 12.8 Å². The number of hydrogen-bond acceptors (Lipinski definition) is 11. The van der Waals surface area contributed by atoms with Crippen molar-refractivity contribution >= 4 is 17.5 Å². The standard InChI is InChI=1S/C27H30O12/c1-9-14(28)3-4-18(37-9)39-16-7-15-19-22(27(16,35)10(2)38-15)26(34)21-20(25(19)33)23(31)12-5-11(6-17(29)30)36-8-13(12)24(21)32/h9-11,14-16,18,28,31-32,35H,3-8H2,1-2H3,(H,29,30)/t9-,10?,11+,14-,15?,16?,18-,27?/m0/s1. The molecular weight excluding hydrogens is 516 g/mol. The molecule has 12 heteroatoms. The normalized spacial score (nSPS) is 37.4. The molecular formula is C27H30O12. The van der Waals surface area contributed by atoms with Gasteiger partial charge in [-0.25, -0.2) is 0 Å². The Balaban J connectivity index is 1.41. The summed E-state index contributed by atoms with van der Waals surface area (Å²) in [7, 11) is 0. The summed E-state index contributed by atoms with van der Waals surface area (Å²) >= 11 is 0. The molecule has 1 aromatic carbocycles. The number of carbonyl (C=O) groups is 3. The van der Waals surface area contributed by atoms with Crippen molar-refractivity contribution < 1.29 is 58.9 Å². The van der Waals surface area contributed by atoms with Gasteiger partial charge in [0.15, 0.2) is 17.9 Å². The highest BCUT2D eigenvalue weighted by molar-refractivity contribution is 6.30. The maximum absolute atomic E-state index is 14.0. The van der Waals surface area contributed by atoms with Gasteiger partial charge < -0.3 is 44.5 Å². The molecule has 2 saturated heterocycles. The number of aromatic hydroxyl groups is 2. The van der Waals surface area contributed by atoms with Crippen LogP contribution in [0.25, 0.3) is 0 Å². The lowest BCUT2D eigenvalue weighted by atomic mass is 9.63. The van der Waals surface area contributed by atoms with E-state index in [1.165, 1.54) is 0 Å². The number of hydrogen-bond donors (Lipinski definition) is 5. The highest BCUT2D eigenvalue weighted by Crippen LogP contribution is 2.54.